The van der Waals surface area contributed by atoms with Crippen LogP contribution in [0.5, 0.6) is 0 Å². The Morgan fingerprint density at radius 1 is 1.17 bits per heavy atom. The largest absolute Gasteiger partial charge is 0.385 e. The van der Waals surface area contributed by atoms with E-state index in [2.05, 4.69) is 11.4 Å². The number of halogens is 1. The standard InChI is InChI=1S/C24H32ClNO4/c1-28-13-4-3-11-24(27,22-16-26-12-14-30-22)20-9-6-10-21(25)23(20)19-8-5-7-18(15-19)17-29-2/h5-10,15,22,26-27H,3-4,11-14,16-17H2,1-2H3/t22-,24?/m1/s1. The van der Waals surface area contributed by atoms with Gasteiger partial charge in [0.15, 0.2) is 0 Å². The number of aliphatic hydroxyl groups is 1. The van der Waals surface area contributed by atoms with Crippen molar-refractivity contribution in [2.24, 2.45) is 0 Å². The molecular weight excluding hydrogens is 402 g/mol. The maximum absolute atomic E-state index is 12.1. The van der Waals surface area contributed by atoms with Crippen LogP contribution in [0.4, 0.5) is 0 Å². The van der Waals surface area contributed by atoms with Crippen molar-refractivity contribution in [3.8, 4) is 11.1 Å². The molecule has 0 saturated carbocycles. The molecule has 0 bridgehead atoms. The number of rotatable bonds is 10. The van der Waals surface area contributed by atoms with Gasteiger partial charge in [-0.3, -0.25) is 0 Å². The summed E-state index contributed by atoms with van der Waals surface area (Å²) in [6.45, 7) is 3.14. The molecule has 0 radical (unpaired) electrons. The van der Waals surface area contributed by atoms with E-state index in [1.165, 1.54) is 0 Å². The minimum absolute atomic E-state index is 0.354. The number of morpholine rings is 1. The average Bonchev–Trinajstić information content (AvgIpc) is 2.77. The van der Waals surface area contributed by atoms with E-state index in [4.69, 9.17) is 25.8 Å². The second-order valence-corrected chi connectivity index (χ2v) is 8.14. The van der Waals surface area contributed by atoms with Crippen molar-refractivity contribution in [3.63, 3.8) is 0 Å². The van der Waals surface area contributed by atoms with Gasteiger partial charge in [0, 0.05) is 44.5 Å². The molecule has 3 rings (SSSR count). The summed E-state index contributed by atoms with van der Waals surface area (Å²) in [5.74, 6) is 0. The van der Waals surface area contributed by atoms with E-state index in [-0.39, 0.29) is 6.10 Å². The van der Waals surface area contributed by atoms with Crippen LogP contribution in [0.25, 0.3) is 11.1 Å². The number of hydrogen-bond donors (Lipinski definition) is 2. The Labute approximate surface area is 184 Å². The number of benzene rings is 2. The van der Waals surface area contributed by atoms with Crippen molar-refractivity contribution < 1.29 is 19.3 Å². The lowest BCUT2D eigenvalue weighted by Gasteiger charge is -2.40. The first-order valence-corrected chi connectivity index (χ1v) is 10.9. The van der Waals surface area contributed by atoms with Crippen LogP contribution in [0.2, 0.25) is 5.02 Å². The molecule has 2 N–H and O–H groups in total. The van der Waals surface area contributed by atoms with Gasteiger partial charge < -0.3 is 24.6 Å². The lowest BCUT2D eigenvalue weighted by Crippen LogP contribution is -2.51. The van der Waals surface area contributed by atoms with Gasteiger partial charge in [-0.15, -0.1) is 0 Å². The third-order valence-corrected chi connectivity index (χ3v) is 5.94. The van der Waals surface area contributed by atoms with E-state index in [9.17, 15) is 5.11 Å². The number of ether oxygens (including phenoxy) is 3. The lowest BCUT2D eigenvalue weighted by molar-refractivity contribution is -0.129. The highest BCUT2D eigenvalue weighted by Crippen LogP contribution is 2.42. The summed E-state index contributed by atoms with van der Waals surface area (Å²) in [6, 6.07) is 13.8. The van der Waals surface area contributed by atoms with Crippen LogP contribution in [-0.2, 0) is 26.4 Å². The maximum Gasteiger partial charge on any atom is 0.118 e. The molecule has 1 heterocycles. The van der Waals surface area contributed by atoms with Crippen molar-refractivity contribution in [3.05, 3.63) is 58.6 Å². The van der Waals surface area contributed by atoms with E-state index in [0.29, 0.717) is 37.8 Å². The van der Waals surface area contributed by atoms with Crippen molar-refractivity contribution in [2.45, 2.75) is 37.6 Å². The first kappa shape index (κ1) is 23.2. The smallest absolute Gasteiger partial charge is 0.118 e. The highest BCUT2D eigenvalue weighted by molar-refractivity contribution is 6.33. The Balaban J connectivity index is 2.04. The predicted molar refractivity (Wildman–Crippen MR) is 120 cm³/mol. The summed E-state index contributed by atoms with van der Waals surface area (Å²) < 4.78 is 16.5. The Morgan fingerprint density at radius 2 is 2.00 bits per heavy atom. The van der Waals surface area contributed by atoms with Crippen molar-refractivity contribution >= 4 is 11.6 Å². The molecule has 164 valence electrons. The molecular formula is C24H32ClNO4. The molecule has 0 aromatic heterocycles. The SMILES string of the molecule is COCCCCC(O)(c1cccc(Cl)c1-c1cccc(COC)c1)[C@H]1CNCCO1. The van der Waals surface area contributed by atoms with Crippen LogP contribution < -0.4 is 5.32 Å². The van der Waals surface area contributed by atoms with Crippen molar-refractivity contribution in [1.29, 1.82) is 0 Å². The molecule has 30 heavy (non-hydrogen) atoms. The molecule has 1 aliphatic rings. The molecule has 2 aromatic rings. The molecule has 5 nitrogen and oxygen atoms in total. The zero-order valence-electron chi connectivity index (χ0n) is 17.8. The van der Waals surface area contributed by atoms with Gasteiger partial charge in [0.1, 0.15) is 11.7 Å². The van der Waals surface area contributed by atoms with Gasteiger partial charge in [0.2, 0.25) is 0 Å². The summed E-state index contributed by atoms with van der Waals surface area (Å²) in [4.78, 5) is 0. The van der Waals surface area contributed by atoms with E-state index in [0.717, 1.165) is 41.6 Å². The zero-order chi connectivity index (χ0) is 21.4. The summed E-state index contributed by atoms with van der Waals surface area (Å²) in [6.07, 6.45) is 1.90. The molecule has 2 atom stereocenters. The normalized spacial score (nSPS) is 18.9. The third kappa shape index (κ3) is 5.41. The molecule has 2 aromatic carbocycles. The fourth-order valence-electron chi connectivity index (χ4n) is 4.14. The van der Waals surface area contributed by atoms with Gasteiger partial charge in [-0.1, -0.05) is 41.9 Å². The van der Waals surface area contributed by atoms with E-state index in [1.54, 1.807) is 14.2 Å². The van der Waals surface area contributed by atoms with E-state index in [1.807, 2.05) is 36.4 Å². The number of unbranched alkanes of at least 4 members (excludes halogenated alkanes) is 1. The van der Waals surface area contributed by atoms with Crippen LogP contribution in [0.15, 0.2) is 42.5 Å². The van der Waals surface area contributed by atoms with Crippen molar-refractivity contribution in [1.82, 2.24) is 5.32 Å². The van der Waals surface area contributed by atoms with E-state index >= 15 is 0 Å². The third-order valence-electron chi connectivity index (χ3n) is 5.62. The van der Waals surface area contributed by atoms with Gasteiger partial charge in [0.25, 0.3) is 0 Å². The van der Waals surface area contributed by atoms with Gasteiger partial charge in [-0.2, -0.15) is 0 Å². The topological polar surface area (TPSA) is 60.0 Å². The Bertz CT molecular complexity index is 810. The van der Waals surface area contributed by atoms with Gasteiger partial charge in [-0.05, 0) is 48.1 Å². The summed E-state index contributed by atoms with van der Waals surface area (Å²) in [5.41, 5.74) is 2.50. The molecule has 1 unspecified atom stereocenters. The highest BCUT2D eigenvalue weighted by Gasteiger charge is 2.41. The monoisotopic (exact) mass is 433 g/mol. The molecule has 0 aliphatic carbocycles. The molecule has 0 spiro atoms. The zero-order valence-corrected chi connectivity index (χ0v) is 18.6. The summed E-state index contributed by atoms with van der Waals surface area (Å²) in [7, 11) is 3.38. The predicted octanol–water partition coefficient (Wildman–Crippen LogP) is 4.15. The number of hydrogen-bond acceptors (Lipinski definition) is 5. The quantitative estimate of drug-likeness (QED) is 0.551. The minimum Gasteiger partial charge on any atom is -0.385 e. The second kappa shape index (κ2) is 11.2. The first-order chi connectivity index (χ1) is 14.6. The second-order valence-electron chi connectivity index (χ2n) is 7.73. The summed E-state index contributed by atoms with van der Waals surface area (Å²) >= 11 is 6.70. The van der Waals surface area contributed by atoms with Crippen molar-refractivity contribution in [2.75, 3.05) is 40.5 Å². The average molecular weight is 434 g/mol. The van der Waals surface area contributed by atoms with Gasteiger partial charge in [0.05, 0.1) is 13.2 Å². The Kier molecular flexibility index (Phi) is 8.69. The molecule has 1 fully saturated rings. The van der Waals surface area contributed by atoms with Gasteiger partial charge in [-0.25, -0.2) is 0 Å². The maximum atomic E-state index is 12.1. The Hall–Kier alpha value is -1.47. The van der Waals surface area contributed by atoms with Crippen LogP contribution in [0, 0.1) is 0 Å². The summed E-state index contributed by atoms with van der Waals surface area (Å²) in [5, 5.41) is 16.0. The molecule has 1 aliphatic heterocycles. The number of methoxy groups -OCH3 is 2. The molecule has 0 amide bonds. The lowest BCUT2D eigenvalue weighted by atomic mass is 9.79. The fraction of sp³-hybridized carbons (Fsp3) is 0.500. The van der Waals surface area contributed by atoms with Crippen LogP contribution in [-0.4, -0.2) is 51.7 Å². The Morgan fingerprint density at radius 3 is 2.73 bits per heavy atom. The van der Waals surface area contributed by atoms with E-state index < -0.39 is 5.60 Å². The van der Waals surface area contributed by atoms with Crippen LogP contribution in [0.1, 0.15) is 30.4 Å². The molecule has 1 saturated heterocycles. The first-order valence-electron chi connectivity index (χ1n) is 10.5. The van der Waals surface area contributed by atoms with Crippen LogP contribution in [0.3, 0.4) is 0 Å². The fourth-order valence-corrected chi connectivity index (χ4v) is 4.43. The van der Waals surface area contributed by atoms with Gasteiger partial charge >= 0.3 is 0 Å². The molecule has 6 heteroatoms. The number of nitrogens with one attached hydrogen (secondary N) is 1. The minimum atomic E-state index is -1.17. The van der Waals surface area contributed by atoms with Crippen LogP contribution >= 0.6 is 11.6 Å². The highest BCUT2D eigenvalue weighted by atomic mass is 35.5.